The van der Waals surface area contributed by atoms with Crippen LogP contribution in [0.15, 0.2) is 12.1 Å². The van der Waals surface area contributed by atoms with Gasteiger partial charge in [0.2, 0.25) is 0 Å². The van der Waals surface area contributed by atoms with Crippen molar-refractivity contribution in [3.05, 3.63) is 34.4 Å². The lowest BCUT2D eigenvalue weighted by atomic mass is 10.00. The monoisotopic (exact) mass is 261 g/mol. The van der Waals surface area contributed by atoms with E-state index in [0.29, 0.717) is 5.41 Å². The molecule has 2 rings (SSSR count). The van der Waals surface area contributed by atoms with Crippen LogP contribution >= 0.6 is 0 Å². The summed E-state index contributed by atoms with van der Waals surface area (Å²) in [5.74, 6) is 0. The summed E-state index contributed by atoms with van der Waals surface area (Å²) in [4.78, 5) is 0. The molecule has 1 saturated carbocycles. The predicted octanol–water partition coefficient (Wildman–Crippen LogP) is 3.52. The van der Waals surface area contributed by atoms with E-state index in [0.717, 1.165) is 19.7 Å². The van der Waals surface area contributed by atoms with Gasteiger partial charge in [0.05, 0.1) is 0 Å². The second kappa shape index (κ2) is 6.06. The third kappa shape index (κ3) is 3.80. The molecule has 19 heavy (non-hydrogen) atoms. The van der Waals surface area contributed by atoms with E-state index in [1.54, 1.807) is 7.11 Å². The molecule has 0 amide bonds. The molecule has 1 N–H and O–H groups in total. The standard InChI is InChI=1S/C17H27NO/c1-13-9-15(3)16(10-14(13)2)11-18-12-17(5-6-17)7-8-19-4/h9-10,18H,5-8,11-12H2,1-4H3. The average Bonchev–Trinajstić information content (AvgIpc) is 3.14. The van der Waals surface area contributed by atoms with Crippen LogP contribution < -0.4 is 5.32 Å². The molecule has 1 fully saturated rings. The number of benzene rings is 1. The smallest absolute Gasteiger partial charge is 0.0468 e. The Bertz CT molecular complexity index is 435. The Labute approximate surface area is 117 Å². The molecule has 0 spiro atoms. The van der Waals surface area contributed by atoms with E-state index < -0.39 is 0 Å². The Morgan fingerprint density at radius 3 is 2.42 bits per heavy atom. The van der Waals surface area contributed by atoms with E-state index in [4.69, 9.17) is 4.74 Å². The first-order chi connectivity index (χ1) is 9.06. The Morgan fingerprint density at radius 2 is 1.79 bits per heavy atom. The molecule has 2 nitrogen and oxygen atoms in total. The summed E-state index contributed by atoms with van der Waals surface area (Å²) in [7, 11) is 1.79. The molecule has 0 unspecified atom stereocenters. The molecule has 1 aliphatic rings. The molecule has 2 heteroatoms. The van der Waals surface area contributed by atoms with E-state index in [1.165, 1.54) is 41.5 Å². The molecule has 0 aromatic heterocycles. The van der Waals surface area contributed by atoms with Gasteiger partial charge in [-0.1, -0.05) is 12.1 Å². The number of hydrogen-bond donors (Lipinski definition) is 1. The van der Waals surface area contributed by atoms with Crippen molar-refractivity contribution in [1.82, 2.24) is 5.32 Å². The molecule has 106 valence electrons. The van der Waals surface area contributed by atoms with E-state index in [-0.39, 0.29) is 0 Å². The fourth-order valence-corrected chi connectivity index (χ4v) is 2.68. The van der Waals surface area contributed by atoms with E-state index in [1.807, 2.05) is 0 Å². The molecule has 1 aromatic carbocycles. The lowest BCUT2D eigenvalue weighted by Crippen LogP contribution is -2.25. The Kier molecular flexibility index (Phi) is 4.64. The minimum atomic E-state index is 0.531. The topological polar surface area (TPSA) is 21.3 Å². The summed E-state index contributed by atoms with van der Waals surface area (Å²) in [5.41, 5.74) is 6.15. The fraction of sp³-hybridized carbons (Fsp3) is 0.647. The molecule has 0 radical (unpaired) electrons. The minimum Gasteiger partial charge on any atom is -0.385 e. The zero-order chi connectivity index (χ0) is 13.9. The highest BCUT2D eigenvalue weighted by Gasteiger charge is 2.41. The first-order valence-electron chi connectivity index (χ1n) is 7.33. The summed E-state index contributed by atoms with van der Waals surface area (Å²) in [6, 6.07) is 4.62. The number of nitrogens with one attached hydrogen (secondary N) is 1. The Balaban J connectivity index is 1.84. The van der Waals surface area contributed by atoms with Gasteiger partial charge in [0, 0.05) is 26.8 Å². The second-order valence-corrected chi connectivity index (χ2v) is 6.21. The largest absolute Gasteiger partial charge is 0.385 e. The number of hydrogen-bond acceptors (Lipinski definition) is 2. The van der Waals surface area contributed by atoms with Gasteiger partial charge in [-0.15, -0.1) is 0 Å². The molecule has 1 aromatic rings. The maximum Gasteiger partial charge on any atom is 0.0468 e. The Morgan fingerprint density at radius 1 is 1.11 bits per heavy atom. The third-order valence-corrected chi connectivity index (χ3v) is 4.56. The second-order valence-electron chi connectivity index (χ2n) is 6.21. The molecule has 0 bridgehead atoms. The number of aryl methyl sites for hydroxylation is 3. The van der Waals surface area contributed by atoms with Crippen molar-refractivity contribution in [2.24, 2.45) is 5.41 Å². The summed E-state index contributed by atoms with van der Waals surface area (Å²) < 4.78 is 5.20. The van der Waals surface area contributed by atoms with Crippen molar-refractivity contribution in [2.45, 2.75) is 46.6 Å². The van der Waals surface area contributed by atoms with Crippen molar-refractivity contribution in [3.63, 3.8) is 0 Å². The summed E-state index contributed by atoms with van der Waals surface area (Å²) in [6.07, 6.45) is 3.91. The summed E-state index contributed by atoms with van der Waals surface area (Å²) in [6.45, 7) is 9.60. The Hall–Kier alpha value is -0.860. The molecular weight excluding hydrogens is 234 g/mol. The van der Waals surface area contributed by atoms with Gasteiger partial charge in [0.25, 0.3) is 0 Å². The van der Waals surface area contributed by atoms with E-state index in [2.05, 4.69) is 38.2 Å². The highest BCUT2D eigenvalue weighted by atomic mass is 16.5. The van der Waals surface area contributed by atoms with Crippen LogP contribution in [0.4, 0.5) is 0 Å². The maximum atomic E-state index is 5.20. The van der Waals surface area contributed by atoms with Crippen LogP contribution in [-0.4, -0.2) is 20.3 Å². The zero-order valence-electron chi connectivity index (χ0n) is 12.8. The molecular formula is C17H27NO. The highest BCUT2D eigenvalue weighted by molar-refractivity contribution is 5.36. The van der Waals surface area contributed by atoms with Gasteiger partial charge in [0.1, 0.15) is 0 Å². The van der Waals surface area contributed by atoms with Crippen LogP contribution in [0.5, 0.6) is 0 Å². The zero-order valence-corrected chi connectivity index (χ0v) is 12.8. The van der Waals surface area contributed by atoms with Crippen LogP contribution in [-0.2, 0) is 11.3 Å². The van der Waals surface area contributed by atoms with Gasteiger partial charge in [-0.3, -0.25) is 0 Å². The van der Waals surface area contributed by atoms with Gasteiger partial charge in [-0.25, -0.2) is 0 Å². The predicted molar refractivity (Wildman–Crippen MR) is 80.5 cm³/mol. The lowest BCUT2D eigenvalue weighted by molar-refractivity contribution is 0.171. The van der Waals surface area contributed by atoms with Gasteiger partial charge < -0.3 is 10.1 Å². The van der Waals surface area contributed by atoms with Crippen molar-refractivity contribution < 1.29 is 4.74 Å². The number of rotatable bonds is 7. The van der Waals surface area contributed by atoms with Gasteiger partial charge >= 0.3 is 0 Å². The van der Waals surface area contributed by atoms with Gasteiger partial charge in [-0.2, -0.15) is 0 Å². The van der Waals surface area contributed by atoms with Crippen molar-refractivity contribution in [3.8, 4) is 0 Å². The molecule has 0 atom stereocenters. The molecule has 0 saturated heterocycles. The van der Waals surface area contributed by atoms with Crippen molar-refractivity contribution in [1.29, 1.82) is 0 Å². The highest BCUT2D eigenvalue weighted by Crippen LogP contribution is 2.48. The minimum absolute atomic E-state index is 0.531. The third-order valence-electron chi connectivity index (χ3n) is 4.56. The van der Waals surface area contributed by atoms with Crippen LogP contribution in [0.2, 0.25) is 0 Å². The quantitative estimate of drug-likeness (QED) is 0.811. The first-order valence-corrected chi connectivity index (χ1v) is 7.33. The molecule has 1 aliphatic carbocycles. The van der Waals surface area contributed by atoms with Crippen LogP contribution in [0.3, 0.4) is 0 Å². The summed E-state index contributed by atoms with van der Waals surface area (Å²) in [5, 5.41) is 3.65. The van der Waals surface area contributed by atoms with Crippen LogP contribution in [0.25, 0.3) is 0 Å². The van der Waals surface area contributed by atoms with Crippen LogP contribution in [0, 0.1) is 26.2 Å². The number of methoxy groups -OCH3 is 1. The fourth-order valence-electron chi connectivity index (χ4n) is 2.68. The average molecular weight is 261 g/mol. The first kappa shape index (κ1) is 14.5. The summed E-state index contributed by atoms with van der Waals surface area (Å²) >= 11 is 0. The maximum absolute atomic E-state index is 5.20. The number of ether oxygens (including phenoxy) is 1. The van der Waals surface area contributed by atoms with E-state index in [9.17, 15) is 0 Å². The van der Waals surface area contributed by atoms with Gasteiger partial charge in [-0.05, 0) is 67.7 Å². The van der Waals surface area contributed by atoms with E-state index >= 15 is 0 Å². The van der Waals surface area contributed by atoms with Crippen molar-refractivity contribution in [2.75, 3.05) is 20.3 Å². The SMILES string of the molecule is COCCC1(CNCc2cc(C)c(C)cc2C)CC1. The lowest BCUT2D eigenvalue weighted by Gasteiger charge is -2.17. The molecule has 0 heterocycles. The van der Waals surface area contributed by atoms with Crippen LogP contribution in [0.1, 0.15) is 41.5 Å². The van der Waals surface area contributed by atoms with Crippen molar-refractivity contribution >= 4 is 0 Å². The molecule has 0 aliphatic heterocycles. The van der Waals surface area contributed by atoms with Gasteiger partial charge in [0.15, 0.2) is 0 Å². The normalized spacial score (nSPS) is 16.6.